The second-order valence-electron chi connectivity index (χ2n) is 18.4. The summed E-state index contributed by atoms with van der Waals surface area (Å²) in [6.45, 7) is 17.4. The molecule has 1 aromatic heterocycles. The van der Waals surface area contributed by atoms with E-state index in [1.807, 2.05) is 57.5 Å². The molecule has 57 heavy (non-hydrogen) atoms. The van der Waals surface area contributed by atoms with Crippen molar-refractivity contribution in [2.45, 2.75) is 137 Å². The summed E-state index contributed by atoms with van der Waals surface area (Å²) < 4.78 is 49.0. The number of amides is 2. The van der Waals surface area contributed by atoms with E-state index >= 15 is 0 Å². The topological polar surface area (TPSA) is 157 Å². The summed E-state index contributed by atoms with van der Waals surface area (Å²) in [7, 11) is -2.76. The smallest absolute Gasteiger partial charge is 0.422 e. The molecule has 2 aliphatic rings. The average molecular weight is 811 g/mol. The minimum atomic E-state index is -4.16. The van der Waals surface area contributed by atoms with Crippen molar-refractivity contribution in [1.82, 2.24) is 18.5 Å². The van der Waals surface area contributed by atoms with Crippen molar-refractivity contribution in [3.63, 3.8) is 0 Å². The van der Waals surface area contributed by atoms with Crippen LogP contribution in [-0.4, -0.2) is 89.4 Å². The summed E-state index contributed by atoms with van der Waals surface area (Å²) in [5.74, 6) is -0.0267. The molecule has 0 bridgehead atoms. The van der Waals surface area contributed by atoms with Gasteiger partial charge in [0.25, 0.3) is 0 Å². The van der Waals surface area contributed by atoms with Crippen LogP contribution in [0.5, 0.6) is 5.75 Å². The largest absolute Gasteiger partial charge is 0.491 e. The molecule has 0 radical (unpaired) electrons. The van der Waals surface area contributed by atoms with Crippen LogP contribution >= 0.6 is 0 Å². The van der Waals surface area contributed by atoms with E-state index in [2.05, 4.69) is 17.6 Å². The first-order chi connectivity index (χ1) is 26.5. The molecule has 0 unspecified atom stereocenters. The van der Waals surface area contributed by atoms with Crippen molar-refractivity contribution in [3.05, 3.63) is 53.1 Å². The van der Waals surface area contributed by atoms with E-state index in [1.165, 1.54) is 19.0 Å². The van der Waals surface area contributed by atoms with E-state index in [9.17, 15) is 27.9 Å². The van der Waals surface area contributed by atoms with Gasteiger partial charge in [0.2, 0.25) is 0 Å². The van der Waals surface area contributed by atoms with Gasteiger partial charge >= 0.3 is 28.4 Å². The molecule has 0 spiro atoms. The highest BCUT2D eigenvalue weighted by Crippen LogP contribution is 2.48. The molecule has 314 valence electrons. The Labute approximate surface area is 338 Å². The number of carboxylic acids is 1. The van der Waals surface area contributed by atoms with Crippen LogP contribution in [0.15, 0.2) is 36.4 Å². The predicted molar refractivity (Wildman–Crippen MR) is 221 cm³/mol. The fraction of sp³-hybridized carbons (Fsp3) is 0.605. The number of nitrogens with one attached hydrogen (secondary N) is 1. The molecule has 14 heteroatoms. The zero-order valence-corrected chi connectivity index (χ0v) is 36.2. The Morgan fingerprint density at radius 1 is 0.930 bits per heavy atom. The molecule has 5 rings (SSSR count). The number of hydrogen-bond donors (Lipinski definition) is 2. The molecule has 2 heterocycles. The van der Waals surface area contributed by atoms with Crippen LogP contribution in [0.2, 0.25) is 0 Å². The van der Waals surface area contributed by atoms with Crippen LogP contribution in [0, 0.1) is 12.3 Å². The number of ether oxygens (including phenoxy) is 3. The van der Waals surface area contributed by atoms with Gasteiger partial charge in [-0.3, -0.25) is 4.90 Å². The molecule has 2 aromatic carbocycles. The summed E-state index contributed by atoms with van der Waals surface area (Å²) in [6.07, 6.45) is 4.84. The minimum Gasteiger partial charge on any atom is -0.491 e. The number of aromatic nitrogens is 1. The van der Waals surface area contributed by atoms with E-state index < -0.39 is 51.0 Å². The van der Waals surface area contributed by atoms with Gasteiger partial charge < -0.3 is 23.9 Å². The molecule has 13 nitrogen and oxygen atoms in total. The van der Waals surface area contributed by atoms with E-state index in [0.717, 1.165) is 57.7 Å². The number of benzene rings is 2. The van der Waals surface area contributed by atoms with Crippen molar-refractivity contribution < 1.29 is 42.1 Å². The lowest BCUT2D eigenvalue weighted by Gasteiger charge is -2.38. The lowest BCUT2D eigenvalue weighted by atomic mass is 9.81. The normalized spacial score (nSPS) is 16.9. The molecular formula is C43H62N4O9S. The van der Waals surface area contributed by atoms with Gasteiger partial charge in [0.15, 0.2) is 0 Å². The Balaban J connectivity index is 1.51. The number of carboxylic acid groups (broad SMARTS) is 1. The number of aromatic carboxylic acids is 1. The first kappa shape index (κ1) is 43.8. The number of aryl methyl sites for hydroxylation is 1. The molecule has 2 amide bonds. The van der Waals surface area contributed by atoms with Crippen LogP contribution in [0.25, 0.3) is 22.2 Å². The number of rotatable bonds is 11. The number of nitrogens with zero attached hydrogens (tertiary/aromatic N) is 3. The van der Waals surface area contributed by atoms with Crippen molar-refractivity contribution in [2.75, 3.05) is 26.7 Å². The van der Waals surface area contributed by atoms with E-state index in [1.54, 1.807) is 37.8 Å². The quantitative estimate of drug-likeness (QED) is 0.193. The molecule has 2 N–H and O–H groups in total. The van der Waals surface area contributed by atoms with Gasteiger partial charge in [-0.15, -0.1) is 0 Å². The maximum atomic E-state index is 14.3. The highest BCUT2D eigenvalue weighted by Gasteiger charge is 2.37. The second kappa shape index (κ2) is 16.9. The lowest BCUT2D eigenvalue weighted by Crippen LogP contribution is -2.49. The molecule has 1 aliphatic carbocycles. The van der Waals surface area contributed by atoms with Crippen LogP contribution in [0.1, 0.15) is 128 Å². The lowest BCUT2D eigenvalue weighted by molar-refractivity contribution is 0.00558. The summed E-state index contributed by atoms with van der Waals surface area (Å²) in [4.78, 5) is 40.6. The van der Waals surface area contributed by atoms with Crippen molar-refractivity contribution in [1.29, 1.82) is 0 Å². The first-order valence-corrected chi connectivity index (χ1v) is 21.5. The van der Waals surface area contributed by atoms with Crippen molar-refractivity contribution >= 4 is 39.3 Å². The highest BCUT2D eigenvalue weighted by molar-refractivity contribution is 7.87. The summed E-state index contributed by atoms with van der Waals surface area (Å²) >= 11 is 0. The number of carbonyl (C=O) groups excluding carboxylic acids is 2. The molecule has 3 aromatic rings. The monoisotopic (exact) mass is 810 g/mol. The Hall–Kier alpha value is -4.30. The van der Waals surface area contributed by atoms with E-state index in [-0.39, 0.29) is 31.2 Å². The SMILES string of the molecule is Cc1cccc2c1-c1c(C3CCCCC3)c3ccc(C(=O)O)cc3n1C[C@@H](N(CCC(C)(C)CCN(C)S(=O)(=O)NC(=O)OC(C)(C)C)C(=O)OC(C)(C)C)CO2. The third kappa shape index (κ3) is 10.8. The molecule has 1 fully saturated rings. The van der Waals surface area contributed by atoms with Gasteiger partial charge in [0, 0.05) is 43.1 Å². The summed E-state index contributed by atoms with van der Waals surface area (Å²) in [5, 5.41) is 11.1. The fourth-order valence-electron chi connectivity index (χ4n) is 7.83. The number of carbonyl (C=O) groups is 3. The Kier molecular flexibility index (Phi) is 13.0. The predicted octanol–water partition coefficient (Wildman–Crippen LogP) is 8.87. The zero-order valence-electron chi connectivity index (χ0n) is 35.4. The van der Waals surface area contributed by atoms with Crippen molar-refractivity contribution in [3.8, 4) is 17.0 Å². The Morgan fingerprint density at radius 2 is 1.58 bits per heavy atom. The second-order valence-corrected chi connectivity index (χ2v) is 20.2. The van der Waals surface area contributed by atoms with Gasteiger partial charge in [-0.2, -0.15) is 12.7 Å². The summed E-state index contributed by atoms with van der Waals surface area (Å²) in [6, 6.07) is 10.9. The van der Waals surface area contributed by atoms with E-state index in [4.69, 9.17) is 14.2 Å². The highest BCUT2D eigenvalue weighted by atomic mass is 32.2. The number of hydrogen-bond acceptors (Lipinski definition) is 8. The molecule has 0 saturated heterocycles. The molecule has 1 aliphatic heterocycles. The van der Waals surface area contributed by atoms with Gasteiger partial charge in [-0.25, -0.2) is 19.1 Å². The third-order valence-electron chi connectivity index (χ3n) is 10.9. The Morgan fingerprint density at radius 3 is 2.21 bits per heavy atom. The fourth-order valence-corrected chi connectivity index (χ4v) is 8.57. The zero-order chi connectivity index (χ0) is 42.1. The van der Waals surface area contributed by atoms with E-state index in [0.29, 0.717) is 25.1 Å². The van der Waals surface area contributed by atoms with Crippen molar-refractivity contribution in [2.24, 2.45) is 5.41 Å². The Bertz CT molecular complexity index is 2070. The third-order valence-corrected chi connectivity index (χ3v) is 12.3. The maximum absolute atomic E-state index is 14.3. The van der Waals surface area contributed by atoms with Crippen LogP contribution in [-0.2, 0) is 26.2 Å². The standard InChI is InChI=1S/C43H62N4O9S/c1-28-15-14-18-34-35(28)37-36(29-16-12-11-13-17-29)32-20-19-30(38(48)49)25-33(32)47(37)26-31(27-54-34)46(40(51)56-42(5,6)7)24-22-43(8,9)21-23-45(10)57(52,53)44-39(50)55-41(2,3)4/h14-15,18-20,25,29,31H,11-13,16-17,21-24,26-27H2,1-10H3,(H,44,50)(H,48,49)/t31-/m1/s1. The van der Waals surface area contributed by atoms with Gasteiger partial charge in [0.1, 0.15) is 23.6 Å². The summed E-state index contributed by atoms with van der Waals surface area (Å²) in [5.41, 5.74) is 3.12. The maximum Gasteiger partial charge on any atom is 0.422 e. The van der Waals surface area contributed by atoms with Gasteiger partial charge in [-0.1, -0.05) is 51.3 Å². The van der Waals surface area contributed by atoms with Gasteiger partial charge in [-0.05, 0) is 115 Å². The molecule has 1 atom stereocenters. The van der Waals surface area contributed by atoms with Crippen LogP contribution in [0.4, 0.5) is 9.59 Å². The number of fused-ring (bicyclic) bond motifs is 5. The van der Waals surface area contributed by atoms with Crippen LogP contribution < -0.4 is 9.46 Å². The van der Waals surface area contributed by atoms with Crippen LogP contribution in [0.3, 0.4) is 0 Å². The molecular weight excluding hydrogens is 749 g/mol. The van der Waals surface area contributed by atoms with Gasteiger partial charge in [0.05, 0.1) is 17.3 Å². The average Bonchev–Trinajstić information content (AvgIpc) is 3.38. The molecule has 1 saturated carbocycles. The minimum absolute atomic E-state index is 0.106. The first-order valence-electron chi connectivity index (χ1n) is 20.1.